The first kappa shape index (κ1) is 20.2. The van der Waals surface area contributed by atoms with Crippen LogP contribution in [0.2, 0.25) is 5.02 Å². The standard InChI is InChI=1S/C21H18ClN3O4S/c1-12-13(2)30-20-18(12)19(27)25(15-7-5-14(22)6-8-15)21(28)24(20)11-17(26)23-10-16-4-3-9-29-16/h3-9H,10-11H2,1-2H3,(H,23,26). The van der Waals surface area contributed by atoms with E-state index in [-0.39, 0.29) is 19.0 Å². The van der Waals surface area contributed by atoms with E-state index < -0.39 is 11.2 Å². The van der Waals surface area contributed by atoms with E-state index in [9.17, 15) is 14.4 Å². The lowest BCUT2D eigenvalue weighted by Gasteiger charge is -2.12. The zero-order chi connectivity index (χ0) is 21.4. The molecule has 0 bridgehead atoms. The van der Waals surface area contributed by atoms with Gasteiger partial charge in [-0.15, -0.1) is 11.3 Å². The van der Waals surface area contributed by atoms with Crippen molar-refractivity contribution >= 4 is 39.1 Å². The number of furan rings is 1. The van der Waals surface area contributed by atoms with Crippen molar-refractivity contribution in [1.29, 1.82) is 0 Å². The van der Waals surface area contributed by atoms with Crippen LogP contribution in [0.3, 0.4) is 0 Å². The molecule has 30 heavy (non-hydrogen) atoms. The first-order valence-electron chi connectivity index (χ1n) is 9.17. The molecule has 0 unspecified atom stereocenters. The number of rotatable bonds is 5. The highest BCUT2D eigenvalue weighted by Gasteiger charge is 2.21. The molecule has 0 aliphatic rings. The molecule has 0 radical (unpaired) electrons. The van der Waals surface area contributed by atoms with Crippen LogP contribution >= 0.6 is 22.9 Å². The Hall–Kier alpha value is -3.10. The number of carbonyl (C=O) groups excluding carboxylic acids is 1. The summed E-state index contributed by atoms with van der Waals surface area (Å²) in [6.07, 6.45) is 1.52. The fourth-order valence-electron chi connectivity index (χ4n) is 3.21. The Kier molecular flexibility index (Phi) is 5.36. The van der Waals surface area contributed by atoms with Crippen molar-refractivity contribution in [3.63, 3.8) is 0 Å². The molecule has 7 nitrogen and oxygen atoms in total. The number of hydrogen-bond donors (Lipinski definition) is 1. The summed E-state index contributed by atoms with van der Waals surface area (Å²) in [5, 5.41) is 3.67. The Bertz CT molecular complexity index is 1350. The predicted octanol–water partition coefficient (Wildman–Crippen LogP) is 3.39. The molecule has 0 saturated heterocycles. The number of halogens is 1. The van der Waals surface area contributed by atoms with Gasteiger partial charge in [-0.2, -0.15) is 0 Å². The van der Waals surface area contributed by atoms with Gasteiger partial charge in [-0.3, -0.25) is 14.2 Å². The number of nitrogens with zero attached hydrogens (tertiary/aromatic N) is 2. The van der Waals surface area contributed by atoms with Gasteiger partial charge in [0.2, 0.25) is 5.91 Å². The van der Waals surface area contributed by atoms with Gasteiger partial charge in [0.05, 0.1) is 23.9 Å². The monoisotopic (exact) mass is 443 g/mol. The number of aromatic nitrogens is 2. The van der Waals surface area contributed by atoms with Crippen LogP contribution in [0.25, 0.3) is 15.9 Å². The van der Waals surface area contributed by atoms with Gasteiger partial charge in [0.1, 0.15) is 17.1 Å². The van der Waals surface area contributed by atoms with Crippen molar-refractivity contribution in [1.82, 2.24) is 14.5 Å². The molecule has 0 atom stereocenters. The van der Waals surface area contributed by atoms with Crippen molar-refractivity contribution in [2.45, 2.75) is 26.9 Å². The summed E-state index contributed by atoms with van der Waals surface area (Å²) in [5.41, 5.74) is 0.201. The first-order chi connectivity index (χ1) is 14.4. The van der Waals surface area contributed by atoms with Crippen LogP contribution in [0.15, 0.2) is 56.7 Å². The van der Waals surface area contributed by atoms with Crippen LogP contribution in [0.5, 0.6) is 0 Å². The van der Waals surface area contributed by atoms with Gasteiger partial charge in [0.25, 0.3) is 5.56 Å². The number of nitrogens with one attached hydrogen (secondary N) is 1. The number of hydrogen-bond acceptors (Lipinski definition) is 5. The summed E-state index contributed by atoms with van der Waals surface area (Å²) < 4.78 is 7.63. The van der Waals surface area contributed by atoms with Crippen LogP contribution in [-0.4, -0.2) is 15.0 Å². The molecule has 4 rings (SSSR count). The van der Waals surface area contributed by atoms with Gasteiger partial charge in [-0.05, 0) is 55.8 Å². The summed E-state index contributed by atoms with van der Waals surface area (Å²) in [5.74, 6) is 0.245. The molecule has 1 N–H and O–H groups in total. The lowest BCUT2D eigenvalue weighted by molar-refractivity contribution is -0.121. The molecule has 0 spiro atoms. The minimum Gasteiger partial charge on any atom is -0.467 e. The van der Waals surface area contributed by atoms with Crippen LogP contribution < -0.4 is 16.6 Å². The molecule has 0 aliphatic carbocycles. The fraction of sp³-hybridized carbons (Fsp3) is 0.190. The molecule has 0 fully saturated rings. The number of carbonyl (C=O) groups is 1. The van der Waals surface area contributed by atoms with E-state index in [0.717, 1.165) is 15.0 Å². The highest BCUT2D eigenvalue weighted by molar-refractivity contribution is 7.18. The van der Waals surface area contributed by atoms with Gasteiger partial charge >= 0.3 is 5.69 Å². The van der Waals surface area contributed by atoms with E-state index in [0.29, 0.717) is 26.7 Å². The van der Waals surface area contributed by atoms with E-state index in [2.05, 4.69) is 5.32 Å². The van der Waals surface area contributed by atoms with Gasteiger partial charge in [-0.1, -0.05) is 11.6 Å². The first-order valence-corrected chi connectivity index (χ1v) is 10.4. The second-order valence-electron chi connectivity index (χ2n) is 6.81. The van der Waals surface area contributed by atoms with Gasteiger partial charge in [0, 0.05) is 9.90 Å². The summed E-state index contributed by atoms with van der Waals surface area (Å²) in [4.78, 5) is 40.4. The maximum absolute atomic E-state index is 13.3. The van der Waals surface area contributed by atoms with E-state index in [4.69, 9.17) is 16.0 Å². The van der Waals surface area contributed by atoms with E-state index in [1.165, 1.54) is 22.2 Å². The Morgan fingerprint density at radius 3 is 2.57 bits per heavy atom. The lowest BCUT2D eigenvalue weighted by Crippen LogP contribution is -2.41. The Labute approximate surface area is 180 Å². The summed E-state index contributed by atoms with van der Waals surface area (Å²) in [6.45, 7) is 3.72. The third kappa shape index (κ3) is 3.59. The largest absolute Gasteiger partial charge is 0.467 e. The smallest absolute Gasteiger partial charge is 0.337 e. The number of thiophene rings is 1. The second kappa shape index (κ2) is 7.97. The number of aryl methyl sites for hydroxylation is 2. The average molecular weight is 444 g/mol. The third-order valence-electron chi connectivity index (χ3n) is 4.88. The Morgan fingerprint density at radius 2 is 1.90 bits per heavy atom. The van der Waals surface area contributed by atoms with Gasteiger partial charge in [-0.25, -0.2) is 9.36 Å². The van der Waals surface area contributed by atoms with E-state index >= 15 is 0 Å². The molecule has 0 saturated carbocycles. The minimum atomic E-state index is -0.579. The van der Waals surface area contributed by atoms with Crippen molar-refractivity contribution < 1.29 is 9.21 Å². The highest BCUT2D eigenvalue weighted by Crippen LogP contribution is 2.27. The number of amides is 1. The molecular formula is C21H18ClN3O4S. The third-order valence-corrected chi connectivity index (χ3v) is 6.36. The average Bonchev–Trinajstić information content (AvgIpc) is 3.34. The molecule has 0 aliphatic heterocycles. The fourth-order valence-corrected chi connectivity index (χ4v) is 4.48. The predicted molar refractivity (Wildman–Crippen MR) is 117 cm³/mol. The van der Waals surface area contributed by atoms with Crippen LogP contribution in [0, 0.1) is 13.8 Å². The molecule has 9 heteroatoms. The summed E-state index contributed by atoms with van der Waals surface area (Å²) >= 11 is 7.28. The summed E-state index contributed by atoms with van der Waals surface area (Å²) in [7, 11) is 0. The maximum atomic E-state index is 13.3. The molecule has 4 aromatic rings. The lowest BCUT2D eigenvalue weighted by atomic mass is 10.2. The minimum absolute atomic E-state index is 0.211. The van der Waals surface area contributed by atoms with E-state index in [1.807, 2.05) is 13.8 Å². The molecule has 3 heterocycles. The zero-order valence-corrected chi connectivity index (χ0v) is 17.8. The van der Waals surface area contributed by atoms with Crippen LogP contribution in [-0.2, 0) is 17.9 Å². The quantitative estimate of drug-likeness (QED) is 0.512. The normalized spacial score (nSPS) is 11.2. The van der Waals surface area contributed by atoms with Crippen LogP contribution in [0.4, 0.5) is 0 Å². The highest BCUT2D eigenvalue weighted by atomic mass is 35.5. The molecule has 3 aromatic heterocycles. The van der Waals surface area contributed by atoms with Crippen molar-refractivity contribution in [3.05, 3.63) is 84.7 Å². The Balaban J connectivity index is 1.82. The molecule has 154 valence electrons. The Morgan fingerprint density at radius 1 is 1.17 bits per heavy atom. The van der Waals surface area contributed by atoms with E-state index in [1.54, 1.807) is 36.4 Å². The van der Waals surface area contributed by atoms with Crippen LogP contribution in [0.1, 0.15) is 16.2 Å². The second-order valence-corrected chi connectivity index (χ2v) is 8.44. The maximum Gasteiger partial charge on any atom is 0.337 e. The van der Waals surface area contributed by atoms with Crippen molar-refractivity contribution in [2.75, 3.05) is 0 Å². The van der Waals surface area contributed by atoms with Gasteiger partial charge in [0.15, 0.2) is 0 Å². The molecule has 1 amide bonds. The molecular weight excluding hydrogens is 426 g/mol. The molecule has 1 aromatic carbocycles. The van der Waals surface area contributed by atoms with Crippen molar-refractivity contribution in [3.8, 4) is 5.69 Å². The number of benzene rings is 1. The van der Waals surface area contributed by atoms with Gasteiger partial charge < -0.3 is 9.73 Å². The van der Waals surface area contributed by atoms with Crippen molar-refractivity contribution in [2.24, 2.45) is 0 Å². The SMILES string of the molecule is Cc1sc2c(c1C)c(=O)n(-c1ccc(Cl)cc1)c(=O)n2CC(=O)NCc1ccco1. The topological polar surface area (TPSA) is 86.2 Å². The number of fused-ring (bicyclic) bond motifs is 1. The zero-order valence-electron chi connectivity index (χ0n) is 16.3. The summed E-state index contributed by atoms with van der Waals surface area (Å²) in [6, 6.07) is 9.91.